The minimum absolute atomic E-state index is 0.0139. The van der Waals surface area contributed by atoms with Crippen LogP contribution in [-0.4, -0.2) is 26.2 Å². The van der Waals surface area contributed by atoms with Crippen molar-refractivity contribution in [3.05, 3.63) is 24.4 Å². The van der Waals surface area contributed by atoms with Crippen molar-refractivity contribution in [3.8, 4) is 11.6 Å². The topological polar surface area (TPSA) is 90.7 Å². The van der Waals surface area contributed by atoms with E-state index >= 15 is 0 Å². The van der Waals surface area contributed by atoms with Crippen LogP contribution in [0, 0.1) is 0 Å². The van der Waals surface area contributed by atoms with Crippen molar-refractivity contribution < 1.29 is 4.52 Å². The van der Waals surface area contributed by atoms with Gasteiger partial charge >= 0.3 is 0 Å². The Morgan fingerprint density at radius 2 is 2.00 bits per heavy atom. The Balaban J connectivity index is 2.22. The monoisotopic (exact) mass is 233 g/mol. The molecule has 2 N–H and O–H groups in total. The van der Waals surface area contributed by atoms with Gasteiger partial charge in [-0.15, -0.1) is 0 Å². The minimum atomic E-state index is 0.0139. The maximum atomic E-state index is 5.94. The first-order chi connectivity index (χ1) is 8.22. The van der Waals surface area contributed by atoms with Gasteiger partial charge in [-0.1, -0.05) is 19.0 Å². The molecule has 0 spiro atoms. The van der Waals surface area contributed by atoms with Crippen LogP contribution < -0.4 is 5.73 Å². The molecule has 0 saturated heterocycles. The van der Waals surface area contributed by atoms with Gasteiger partial charge in [0.05, 0.1) is 5.92 Å². The third-order valence-electron chi connectivity index (χ3n) is 2.71. The summed E-state index contributed by atoms with van der Waals surface area (Å²) in [6.07, 6.45) is 4.14. The molecule has 0 aliphatic carbocycles. The summed E-state index contributed by atoms with van der Waals surface area (Å²) in [6.45, 7) is 4.00. The number of aromatic nitrogens is 4. The van der Waals surface area contributed by atoms with Crippen molar-refractivity contribution in [1.82, 2.24) is 20.1 Å². The van der Waals surface area contributed by atoms with Gasteiger partial charge in [-0.05, 0) is 12.5 Å². The minimum Gasteiger partial charge on any atom is -0.339 e. The quantitative estimate of drug-likeness (QED) is 0.857. The Kier molecular flexibility index (Phi) is 3.43. The molecule has 2 rings (SSSR count). The van der Waals surface area contributed by atoms with E-state index in [2.05, 4.69) is 20.1 Å². The van der Waals surface area contributed by atoms with E-state index in [4.69, 9.17) is 10.3 Å². The highest BCUT2D eigenvalue weighted by atomic mass is 16.5. The molecule has 2 aromatic rings. The molecule has 0 radical (unpaired) electrons. The Morgan fingerprint density at radius 3 is 2.65 bits per heavy atom. The molecule has 2 atom stereocenters. The lowest BCUT2D eigenvalue weighted by atomic mass is 10.0. The zero-order valence-electron chi connectivity index (χ0n) is 9.87. The van der Waals surface area contributed by atoms with Crippen molar-refractivity contribution in [2.24, 2.45) is 5.73 Å². The fourth-order valence-electron chi connectivity index (χ4n) is 1.46. The van der Waals surface area contributed by atoms with Crippen LogP contribution in [0.25, 0.3) is 11.6 Å². The largest absolute Gasteiger partial charge is 0.339 e. The van der Waals surface area contributed by atoms with E-state index in [0.717, 1.165) is 6.42 Å². The van der Waals surface area contributed by atoms with Gasteiger partial charge in [0, 0.05) is 18.4 Å². The highest BCUT2D eigenvalue weighted by Gasteiger charge is 2.20. The molecule has 2 heterocycles. The van der Waals surface area contributed by atoms with Crippen LogP contribution in [0.3, 0.4) is 0 Å². The molecule has 2 aromatic heterocycles. The van der Waals surface area contributed by atoms with Crippen LogP contribution >= 0.6 is 0 Å². The highest BCUT2D eigenvalue weighted by Crippen LogP contribution is 2.20. The van der Waals surface area contributed by atoms with Gasteiger partial charge in [0.2, 0.25) is 17.5 Å². The zero-order valence-corrected chi connectivity index (χ0v) is 9.87. The summed E-state index contributed by atoms with van der Waals surface area (Å²) in [6, 6.07) is 1.75. The predicted molar refractivity (Wildman–Crippen MR) is 62.0 cm³/mol. The smallest absolute Gasteiger partial charge is 0.240 e. The molecule has 2 unspecified atom stereocenters. The molecule has 6 nitrogen and oxygen atoms in total. The molecule has 90 valence electrons. The second-order valence-electron chi connectivity index (χ2n) is 3.89. The number of hydrogen-bond donors (Lipinski definition) is 1. The number of hydrogen-bond acceptors (Lipinski definition) is 6. The fourth-order valence-corrected chi connectivity index (χ4v) is 1.46. The van der Waals surface area contributed by atoms with E-state index in [1.165, 1.54) is 0 Å². The summed E-state index contributed by atoms with van der Waals surface area (Å²) < 4.78 is 5.18. The second-order valence-corrected chi connectivity index (χ2v) is 3.89. The summed E-state index contributed by atoms with van der Waals surface area (Å²) in [5.41, 5.74) is 5.94. The average molecular weight is 233 g/mol. The van der Waals surface area contributed by atoms with E-state index in [-0.39, 0.29) is 12.0 Å². The van der Waals surface area contributed by atoms with Crippen molar-refractivity contribution in [1.29, 1.82) is 0 Å². The van der Waals surface area contributed by atoms with Crippen LogP contribution in [-0.2, 0) is 0 Å². The summed E-state index contributed by atoms with van der Waals surface area (Å²) in [5.74, 6) is 1.42. The van der Waals surface area contributed by atoms with Crippen molar-refractivity contribution >= 4 is 0 Å². The Bertz CT molecular complexity index is 470. The maximum absolute atomic E-state index is 5.94. The molecule has 17 heavy (non-hydrogen) atoms. The lowest BCUT2D eigenvalue weighted by Gasteiger charge is -2.13. The third-order valence-corrected chi connectivity index (χ3v) is 2.71. The normalized spacial score (nSPS) is 14.5. The zero-order chi connectivity index (χ0) is 12.3. The van der Waals surface area contributed by atoms with Crippen molar-refractivity contribution in [2.75, 3.05) is 0 Å². The molecule has 6 heteroatoms. The first-order valence-electron chi connectivity index (χ1n) is 5.59. The standard InChI is InChI=1S/C11H15N5O/c1-3-8(12)7(2)11-15-10(16-17-11)9-13-5-4-6-14-9/h4-8H,3,12H2,1-2H3. The number of nitrogens with zero attached hydrogens (tertiary/aromatic N) is 4. The molecule has 0 fully saturated rings. The average Bonchev–Trinajstić information content (AvgIpc) is 2.87. The van der Waals surface area contributed by atoms with Gasteiger partial charge < -0.3 is 10.3 Å². The molecule has 0 aliphatic rings. The van der Waals surface area contributed by atoms with E-state index in [1.807, 2.05) is 13.8 Å². The number of rotatable bonds is 4. The summed E-state index contributed by atoms with van der Waals surface area (Å²) in [7, 11) is 0. The van der Waals surface area contributed by atoms with E-state index in [9.17, 15) is 0 Å². The first-order valence-corrected chi connectivity index (χ1v) is 5.59. The lowest BCUT2D eigenvalue weighted by Crippen LogP contribution is -2.25. The second kappa shape index (κ2) is 5.01. The molecule has 0 aromatic carbocycles. The first kappa shape index (κ1) is 11.7. The number of nitrogens with two attached hydrogens (primary N) is 1. The molecular weight excluding hydrogens is 218 g/mol. The fraction of sp³-hybridized carbons (Fsp3) is 0.455. The van der Waals surface area contributed by atoms with Crippen molar-refractivity contribution in [2.45, 2.75) is 32.2 Å². The summed E-state index contributed by atoms with van der Waals surface area (Å²) in [5, 5.41) is 3.86. The van der Waals surface area contributed by atoms with Crippen LogP contribution in [0.5, 0.6) is 0 Å². The molecule has 0 amide bonds. The van der Waals surface area contributed by atoms with Crippen molar-refractivity contribution in [3.63, 3.8) is 0 Å². The molecule has 0 bridgehead atoms. The Hall–Kier alpha value is -1.82. The maximum Gasteiger partial charge on any atom is 0.240 e. The SMILES string of the molecule is CCC(N)C(C)c1nc(-c2ncccn2)no1. The van der Waals surface area contributed by atoms with E-state index in [0.29, 0.717) is 17.5 Å². The summed E-state index contributed by atoms with van der Waals surface area (Å²) >= 11 is 0. The Morgan fingerprint density at radius 1 is 1.29 bits per heavy atom. The van der Waals surface area contributed by atoms with Gasteiger partial charge in [0.15, 0.2) is 0 Å². The van der Waals surface area contributed by atoms with Crippen LogP contribution in [0.15, 0.2) is 23.0 Å². The van der Waals surface area contributed by atoms with Gasteiger partial charge in [0.25, 0.3) is 0 Å². The summed E-state index contributed by atoms with van der Waals surface area (Å²) in [4.78, 5) is 12.4. The highest BCUT2D eigenvalue weighted by molar-refractivity contribution is 5.40. The van der Waals surface area contributed by atoms with Gasteiger partial charge in [-0.3, -0.25) is 0 Å². The van der Waals surface area contributed by atoms with Crippen LogP contribution in [0.1, 0.15) is 32.1 Å². The predicted octanol–water partition coefficient (Wildman–Crippen LogP) is 1.37. The lowest BCUT2D eigenvalue weighted by molar-refractivity contribution is 0.340. The van der Waals surface area contributed by atoms with Gasteiger partial charge in [-0.25, -0.2) is 9.97 Å². The third kappa shape index (κ3) is 2.47. The van der Waals surface area contributed by atoms with E-state index in [1.54, 1.807) is 18.5 Å². The Labute approximate surface area is 99.3 Å². The van der Waals surface area contributed by atoms with Crippen LogP contribution in [0.2, 0.25) is 0 Å². The van der Waals surface area contributed by atoms with Gasteiger partial charge in [-0.2, -0.15) is 4.98 Å². The molecule has 0 saturated carbocycles. The van der Waals surface area contributed by atoms with Gasteiger partial charge in [0.1, 0.15) is 0 Å². The van der Waals surface area contributed by atoms with Crippen LogP contribution in [0.4, 0.5) is 0 Å². The molecule has 0 aliphatic heterocycles. The van der Waals surface area contributed by atoms with E-state index < -0.39 is 0 Å². The molecular formula is C11H15N5O.